The van der Waals surface area contributed by atoms with Crippen LogP contribution in [-0.2, 0) is 14.3 Å². The molecule has 1 saturated heterocycles. The van der Waals surface area contributed by atoms with Crippen LogP contribution in [0.4, 0.5) is 0 Å². The lowest BCUT2D eigenvalue weighted by molar-refractivity contribution is -0.303. The van der Waals surface area contributed by atoms with E-state index >= 15 is 0 Å². The Bertz CT molecular complexity index is 1050. The van der Waals surface area contributed by atoms with Crippen molar-refractivity contribution in [3.8, 4) is 0 Å². The number of hydrogen-bond donors (Lipinski definition) is 8. The number of unbranched alkanes of at least 4 members (excludes halogenated alkanes) is 32. The van der Waals surface area contributed by atoms with Gasteiger partial charge in [0.25, 0.3) is 0 Å². The smallest absolute Gasteiger partial charge is 0.249 e. The fourth-order valence-electron chi connectivity index (χ4n) is 8.85. The van der Waals surface area contributed by atoms with Crippen LogP contribution >= 0.6 is 0 Å². The topological polar surface area (TPSA) is 189 Å². The van der Waals surface area contributed by atoms with E-state index in [4.69, 9.17) is 9.47 Å². The van der Waals surface area contributed by atoms with Crippen LogP contribution < -0.4 is 5.32 Å². The Hall–Kier alpha value is -1.15. The first kappa shape index (κ1) is 60.9. The minimum absolute atomic E-state index is 0.256. The number of ether oxygens (including phenoxy) is 2. The molecule has 0 bridgehead atoms. The number of aliphatic hydroxyl groups excluding tert-OH is 7. The van der Waals surface area contributed by atoms with E-state index in [-0.39, 0.29) is 6.42 Å². The predicted molar refractivity (Wildman–Crippen MR) is 261 cm³/mol. The molecule has 0 radical (unpaired) electrons. The molecule has 1 fully saturated rings. The molecule has 9 atom stereocenters. The quantitative estimate of drug-likeness (QED) is 0.0216. The van der Waals surface area contributed by atoms with Crippen LogP contribution in [0.2, 0.25) is 0 Å². The summed E-state index contributed by atoms with van der Waals surface area (Å²) in [6, 6.07) is -1.17. The Labute approximate surface area is 392 Å². The van der Waals surface area contributed by atoms with Crippen LogP contribution in [-0.4, -0.2) is 110 Å². The van der Waals surface area contributed by atoms with Gasteiger partial charge in [0.2, 0.25) is 5.91 Å². The van der Waals surface area contributed by atoms with Gasteiger partial charge in [-0.05, 0) is 38.5 Å². The SMILES string of the molecule is CCCCCCCCCCCC/C=C\CCCCCCCCC(O)C(=O)NC(COC1OC(CO)C(O)C(O)C1O)C(O)C(O)CCCCCCCCCCCCCCCCCCC. The summed E-state index contributed by atoms with van der Waals surface area (Å²) in [7, 11) is 0. The van der Waals surface area contributed by atoms with Crippen LogP contribution in [0, 0.1) is 0 Å². The summed E-state index contributed by atoms with van der Waals surface area (Å²) >= 11 is 0. The number of rotatable bonds is 46. The number of carbonyl (C=O) groups excluding carboxylic acids is 1. The molecule has 1 aliphatic rings. The molecule has 0 aromatic carbocycles. The minimum Gasteiger partial charge on any atom is -0.394 e. The van der Waals surface area contributed by atoms with Crippen LogP contribution in [0.3, 0.4) is 0 Å². The zero-order chi connectivity index (χ0) is 46.9. The highest BCUT2D eigenvalue weighted by atomic mass is 16.7. The second-order valence-corrected chi connectivity index (χ2v) is 19.3. The molecule has 9 unspecified atom stereocenters. The zero-order valence-corrected chi connectivity index (χ0v) is 41.3. The van der Waals surface area contributed by atoms with E-state index in [0.29, 0.717) is 19.3 Å². The third-order valence-corrected chi connectivity index (χ3v) is 13.3. The first-order chi connectivity index (χ1) is 31.2. The standard InChI is InChI=1S/C53H103NO10/c1-3-5-7-9-11-13-15-17-19-21-22-23-25-27-29-31-33-35-37-39-41-46(57)52(62)54-44(43-63-53-51(61)50(60)49(59)47(42-55)64-53)48(58)45(56)40-38-36-34-32-30-28-26-24-20-18-16-14-12-10-8-6-4-2/h23,25,44-51,53,55-61H,3-22,24,26-43H2,1-2H3,(H,54,62)/b25-23-. The molecule has 0 aromatic heterocycles. The summed E-state index contributed by atoms with van der Waals surface area (Å²) in [5, 5.41) is 76.0. The molecular formula is C53H103NO10. The monoisotopic (exact) mass is 914 g/mol. The van der Waals surface area contributed by atoms with Gasteiger partial charge in [0.15, 0.2) is 6.29 Å². The van der Waals surface area contributed by atoms with Crippen molar-refractivity contribution in [2.24, 2.45) is 0 Å². The van der Waals surface area contributed by atoms with Crippen LogP contribution in [0.1, 0.15) is 251 Å². The van der Waals surface area contributed by atoms with E-state index in [1.807, 2.05) is 0 Å². The minimum atomic E-state index is -1.66. The van der Waals surface area contributed by atoms with Gasteiger partial charge in [0.05, 0.1) is 25.4 Å². The molecule has 1 amide bonds. The van der Waals surface area contributed by atoms with Crippen molar-refractivity contribution >= 4 is 5.91 Å². The van der Waals surface area contributed by atoms with Gasteiger partial charge in [-0.3, -0.25) is 4.79 Å². The van der Waals surface area contributed by atoms with Crippen molar-refractivity contribution < 1.29 is 50.0 Å². The Morgan fingerprint density at radius 3 is 1.31 bits per heavy atom. The lowest BCUT2D eigenvalue weighted by Gasteiger charge is -2.40. The van der Waals surface area contributed by atoms with Crippen molar-refractivity contribution in [1.82, 2.24) is 5.32 Å². The third-order valence-electron chi connectivity index (χ3n) is 13.3. The maximum absolute atomic E-state index is 13.1. The Balaban J connectivity index is 2.36. The number of hydrogen-bond acceptors (Lipinski definition) is 10. The van der Waals surface area contributed by atoms with Gasteiger partial charge in [-0.2, -0.15) is 0 Å². The second-order valence-electron chi connectivity index (χ2n) is 19.3. The first-order valence-corrected chi connectivity index (χ1v) is 27.1. The molecule has 1 rings (SSSR count). The van der Waals surface area contributed by atoms with Crippen LogP contribution in [0.25, 0.3) is 0 Å². The van der Waals surface area contributed by atoms with Gasteiger partial charge in [-0.1, -0.05) is 225 Å². The maximum Gasteiger partial charge on any atom is 0.249 e. The fraction of sp³-hybridized carbons (Fsp3) is 0.943. The number of nitrogens with one attached hydrogen (secondary N) is 1. The number of amides is 1. The molecule has 1 heterocycles. The van der Waals surface area contributed by atoms with Gasteiger partial charge >= 0.3 is 0 Å². The summed E-state index contributed by atoms with van der Waals surface area (Å²) in [5.41, 5.74) is 0. The third kappa shape index (κ3) is 31.8. The van der Waals surface area contributed by atoms with E-state index in [1.165, 1.54) is 161 Å². The first-order valence-electron chi connectivity index (χ1n) is 27.1. The molecule has 11 heteroatoms. The Morgan fingerprint density at radius 2 is 0.906 bits per heavy atom. The van der Waals surface area contributed by atoms with Gasteiger partial charge in [-0.15, -0.1) is 0 Å². The van der Waals surface area contributed by atoms with E-state index in [2.05, 4.69) is 31.3 Å². The summed E-state index contributed by atoms with van der Waals surface area (Å²) in [6.07, 6.45) is 36.8. The average molecular weight is 914 g/mol. The lowest BCUT2D eigenvalue weighted by Crippen LogP contribution is -2.60. The normalized spacial score (nSPS) is 21.0. The van der Waals surface area contributed by atoms with Crippen molar-refractivity contribution in [3.63, 3.8) is 0 Å². The largest absolute Gasteiger partial charge is 0.394 e. The van der Waals surface area contributed by atoms with Gasteiger partial charge in [0, 0.05) is 0 Å². The molecule has 11 nitrogen and oxygen atoms in total. The molecule has 64 heavy (non-hydrogen) atoms. The van der Waals surface area contributed by atoms with Crippen molar-refractivity contribution in [2.75, 3.05) is 13.2 Å². The van der Waals surface area contributed by atoms with E-state index < -0.39 is 74.2 Å². The molecule has 0 aliphatic carbocycles. The fourth-order valence-corrected chi connectivity index (χ4v) is 8.85. The summed E-state index contributed by atoms with van der Waals surface area (Å²) in [4.78, 5) is 13.1. The summed E-state index contributed by atoms with van der Waals surface area (Å²) < 4.78 is 11.1. The highest BCUT2D eigenvalue weighted by molar-refractivity contribution is 5.80. The molecule has 0 spiro atoms. The number of allylic oxidation sites excluding steroid dienone is 2. The highest BCUT2D eigenvalue weighted by Crippen LogP contribution is 2.23. The van der Waals surface area contributed by atoms with Crippen LogP contribution in [0.5, 0.6) is 0 Å². The van der Waals surface area contributed by atoms with Gasteiger partial charge in [-0.25, -0.2) is 0 Å². The Morgan fingerprint density at radius 1 is 0.531 bits per heavy atom. The number of aliphatic hydroxyl groups is 7. The molecule has 380 valence electrons. The zero-order valence-electron chi connectivity index (χ0n) is 41.3. The van der Waals surface area contributed by atoms with Crippen LogP contribution in [0.15, 0.2) is 12.2 Å². The highest BCUT2D eigenvalue weighted by Gasteiger charge is 2.44. The lowest BCUT2D eigenvalue weighted by atomic mass is 9.98. The van der Waals surface area contributed by atoms with Crippen molar-refractivity contribution in [1.29, 1.82) is 0 Å². The Kier molecular flexibility index (Phi) is 41.0. The predicted octanol–water partition coefficient (Wildman–Crippen LogP) is 10.4. The molecule has 0 aromatic rings. The maximum atomic E-state index is 13.1. The van der Waals surface area contributed by atoms with E-state index in [1.54, 1.807) is 0 Å². The summed E-state index contributed by atoms with van der Waals surface area (Å²) in [6.45, 7) is 3.47. The van der Waals surface area contributed by atoms with Crippen molar-refractivity contribution in [3.05, 3.63) is 12.2 Å². The molecule has 0 saturated carbocycles. The average Bonchev–Trinajstić information content (AvgIpc) is 3.29. The van der Waals surface area contributed by atoms with Gasteiger partial charge in [0.1, 0.15) is 36.6 Å². The van der Waals surface area contributed by atoms with E-state index in [9.17, 15) is 40.5 Å². The molecule has 1 aliphatic heterocycles. The second kappa shape index (κ2) is 43.2. The van der Waals surface area contributed by atoms with Crippen molar-refractivity contribution in [2.45, 2.75) is 306 Å². The number of carbonyl (C=O) groups is 1. The van der Waals surface area contributed by atoms with E-state index in [0.717, 1.165) is 51.4 Å². The molecule has 8 N–H and O–H groups in total. The summed E-state index contributed by atoms with van der Waals surface area (Å²) in [5.74, 6) is -0.698. The molecular weight excluding hydrogens is 811 g/mol. The van der Waals surface area contributed by atoms with Gasteiger partial charge < -0.3 is 50.5 Å².